The topological polar surface area (TPSA) is 116 Å². The van der Waals surface area contributed by atoms with Crippen molar-refractivity contribution in [2.24, 2.45) is 0 Å². The van der Waals surface area contributed by atoms with Gasteiger partial charge in [-0.1, -0.05) is 22.9 Å². The molecule has 0 saturated carbocycles. The average Bonchev–Trinajstić information content (AvgIpc) is 3.03. The lowest BCUT2D eigenvalue weighted by Gasteiger charge is -2.09. The van der Waals surface area contributed by atoms with Crippen molar-refractivity contribution < 1.29 is 19.1 Å². The molecular weight excluding hydrogens is 403 g/mol. The summed E-state index contributed by atoms with van der Waals surface area (Å²) in [7, 11) is 2.78. The molecule has 1 amide bonds. The summed E-state index contributed by atoms with van der Waals surface area (Å²) in [5.74, 6) is -0.399. The van der Waals surface area contributed by atoms with E-state index in [1.165, 1.54) is 37.7 Å². The summed E-state index contributed by atoms with van der Waals surface area (Å²) in [6.45, 7) is 0. The fraction of sp³-hybridized carbons (Fsp3) is 0.333. The number of carbonyl (C=O) groups is 2. The van der Waals surface area contributed by atoms with Crippen LogP contribution in [0.3, 0.4) is 0 Å². The number of amides is 1. The molecule has 11 heteroatoms. The highest BCUT2D eigenvalue weighted by atomic mass is 35.5. The molecule has 1 aromatic heterocycles. The molecule has 0 spiro atoms. The van der Waals surface area contributed by atoms with E-state index in [2.05, 4.69) is 20.3 Å². The van der Waals surface area contributed by atoms with Gasteiger partial charge in [-0.05, 0) is 12.5 Å². The minimum atomic E-state index is -0.434. The molecule has 1 aromatic carbocycles. The summed E-state index contributed by atoms with van der Waals surface area (Å²) in [4.78, 5) is 23.5. The number of esters is 1. The number of methoxy groups -OCH3 is 2. The van der Waals surface area contributed by atoms with Crippen molar-refractivity contribution in [2.45, 2.75) is 19.3 Å². The number of aryl methyl sites for hydroxylation is 1. The zero-order chi connectivity index (χ0) is 18.4. The first kappa shape index (κ1) is 21.9. The van der Waals surface area contributed by atoms with Gasteiger partial charge >= 0.3 is 5.97 Å². The SMILES string of the molecule is COC(=O)CCCc1nnc(NC(=O)c2cc(Cl)c(N)cc2OC)s1.Cl. The number of nitrogens with two attached hydrogens (primary N) is 1. The monoisotopic (exact) mass is 420 g/mol. The molecule has 1 heterocycles. The number of anilines is 2. The molecule has 2 aromatic rings. The third-order valence-electron chi connectivity index (χ3n) is 3.25. The van der Waals surface area contributed by atoms with E-state index in [0.717, 1.165) is 0 Å². The second kappa shape index (κ2) is 10.1. The van der Waals surface area contributed by atoms with Crippen LogP contribution in [0.5, 0.6) is 5.75 Å². The molecule has 0 saturated heterocycles. The second-order valence-corrected chi connectivity index (χ2v) is 6.43. The third kappa shape index (κ3) is 5.72. The lowest BCUT2D eigenvalue weighted by molar-refractivity contribution is -0.140. The highest BCUT2D eigenvalue weighted by molar-refractivity contribution is 7.15. The number of benzene rings is 1. The second-order valence-electron chi connectivity index (χ2n) is 4.96. The smallest absolute Gasteiger partial charge is 0.305 e. The number of nitrogens with one attached hydrogen (secondary N) is 1. The van der Waals surface area contributed by atoms with Crippen LogP contribution < -0.4 is 15.8 Å². The third-order valence-corrected chi connectivity index (χ3v) is 4.48. The normalized spacial score (nSPS) is 9.96. The van der Waals surface area contributed by atoms with E-state index in [1.807, 2.05) is 0 Å². The number of nitrogens with zero attached hydrogens (tertiary/aromatic N) is 2. The molecule has 2 rings (SSSR count). The minimum absolute atomic E-state index is 0. The molecule has 26 heavy (non-hydrogen) atoms. The highest BCUT2D eigenvalue weighted by Crippen LogP contribution is 2.29. The van der Waals surface area contributed by atoms with Crippen LogP contribution in [0.1, 0.15) is 28.2 Å². The van der Waals surface area contributed by atoms with Gasteiger partial charge in [0, 0.05) is 18.9 Å². The van der Waals surface area contributed by atoms with Crippen molar-refractivity contribution in [1.29, 1.82) is 0 Å². The molecular formula is C15H18Cl2N4O4S. The van der Waals surface area contributed by atoms with Gasteiger partial charge in [0.15, 0.2) is 0 Å². The van der Waals surface area contributed by atoms with Gasteiger partial charge in [-0.3, -0.25) is 14.9 Å². The van der Waals surface area contributed by atoms with Gasteiger partial charge < -0.3 is 15.2 Å². The Kier molecular flexibility index (Phi) is 8.56. The summed E-state index contributed by atoms with van der Waals surface area (Å²) in [6.07, 6.45) is 1.47. The molecule has 0 unspecified atom stereocenters. The van der Waals surface area contributed by atoms with E-state index in [-0.39, 0.29) is 29.0 Å². The van der Waals surface area contributed by atoms with Crippen molar-refractivity contribution >= 4 is 58.0 Å². The molecule has 0 bridgehead atoms. The first-order chi connectivity index (χ1) is 11.9. The number of aromatic nitrogens is 2. The van der Waals surface area contributed by atoms with Crippen LogP contribution in [-0.4, -0.2) is 36.3 Å². The van der Waals surface area contributed by atoms with Gasteiger partial charge in [0.1, 0.15) is 10.8 Å². The Morgan fingerprint density at radius 3 is 2.69 bits per heavy atom. The summed E-state index contributed by atoms with van der Waals surface area (Å²) in [5, 5.41) is 11.9. The van der Waals surface area contributed by atoms with E-state index >= 15 is 0 Å². The Bertz CT molecular complexity index is 785. The molecule has 0 fully saturated rings. The molecule has 0 atom stereocenters. The molecule has 3 N–H and O–H groups in total. The Balaban J connectivity index is 0.00000338. The van der Waals surface area contributed by atoms with Gasteiger partial charge in [0.05, 0.1) is 30.5 Å². The molecule has 8 nitrogen and oxygen atoms in total. The van der Waals surface area contributed by atoms with Gasteiger partial charge in [-0.15, -0.1) is 22.6 Å². The highest BCUT2D eigenvalue weighted by Gasteiger charge is 2.17. The Morgan fingerprint density at radius 1 is 1.31 bits per heavy atom. The Morgan fingerprint density at radius 2 is 2.04 bits per heavy atom. The molecule has 142 valence electrons. The van der Waals surface area contributed by atoms with Crippen molar-refractivity contribution in [1.82, 2.24) is 10.2 Å². The van der Waals surface area contributed by atoms with E-state index in [9.17, 15) is 9.59 Å². The van der Waals surface area contributed by atoms with E-state index < -0.39 is 5.91 Å². The first-order valence-corrected chi connectivity index (χ1v) is 8.47. The molecule has 0 radical (unpaired) electrons. The van der Waals surface area contributed by atoms with Crippen LogP contribution >= 0.6 is 35.3 Å². The quantitative estimate of drug-likeness (QED) is 0.522. The fourth-order valence-corrected chi connectivity index (χ4v) is 2.91. The molecule has 0 aliphatic rings. The number of halogens is 2. The summed E-state index contributed by atoms with van der Waals surface area (Å²) in [6, 6.07) is 2.92. The van der Waals surface area contributed by atoms with Gasteiger partial charge in [0.25, 0.3) is 5.91 Å². The molecule has 0 aliphatic heterocycles. The van der Waals surface area contributed by atoms with E-state index in [0.29, 0.717) is 40.8 Å². The predicted octanol–water partition coefficient (Wildman–Crippen LogP) is 2.95. The predicted molar refractivity (Wildman–Crippen MR) is 102 cm³/mol. The Hall–Kier alpha value is -2.10. The van der Waals surface area contributed by atoms with Crippen LogP contribution in [-0.2, 0) is 16.0 Å². The largest absolute Gasteiger partial charge is 0.496 e. The van der Waals surface area contributed by atoms with Crippen molar-refractivity contribution in [3.05, 3.63) is 27.7 Å². The number of ether oxygens (including phenoxy) is 2. The first-order valence-electron chi connectivity index (χ1n) is 7.28. The standard InChI is InChI=1S/C15H17ClN4O4S.ClH/c1-23-11-7-10(17)9(16)6-8(11)14(22)18-15-20-19-12(25-15)4-3-5-13(21)24-2;/h6-7H,3-5,17H2,1-2H3,(H,18,20,22);1H. The van der Waals surface area contributed by atoms with Crippen LogP contribution in [0.2, 0.25) is 5.02 Å². The zero-order valence-corrected chi connectivity index (χ0v) is 16.5. The van der Waals surface area contributed by atoms with E-state index in [1.54, 1.807) is 0 Å². The summed E-state index contributed by atoms with van der Waals surface area (Å²) < 4.78 is 9.73. The lowest BCUT2D eigenvalue weighted by Crippen LogP contribution is -2.13. The maximum absolute atomic E-state index is 12.4. The van der Waals surface area contributed by atoms with Crippen LogP contribution in [0.15, 0.2) is 12.1 Å². The maximum Gasteiger partial charge on any atom is 0.305 e. The number of carbonyl (C=O) groups excluding carboxylic acids is 2. The fourth-order valence-electron chi connectivity index (χ4n) is 1.97. The number of nitrogen functional groups attached to an aromatic ring is 1. The van der Waals surface area contributed by atoms with Crippen LogP contribution in [0.4, 0.5) is 10.8 Å². The Labute approximate surface area is 165 Å². The van der Waals surface area contributed by atoms with Gasteiger partial charge in [-0.2, -0.15) is 0 Å². The van der Waals surface area contributed by atoms with Crippen molar-refractivity contribution in [3.8, 4) is 5.75 Å². The van der Waals surface area contributed by atoms with Gasteiger partial charge in [-0.25, -0.2) is 0 Å². The number of rotatable bonds is 7. The average molecular weight is 421 g/mol. The van der Waals surface area contributed by atoms with Crippen LogP contribution in [0.25, 0.3) is 0 Å². The van der Waals surface area contributed by atoms with Crippen LogP contribution in [0, 0.1) is 0 Å². The summed E-state index contributed by atoms with van der Waals surface area (Å²) in [5.41, 5.74) is 6.26. The number of hydrogen-bond donors (Lipinski definition) is 2. The molecule has 0 aliphatic carbocycles. The van der Waals surface area contributed by atoms with E-state index in [4.69, 9.17) is 22.1 Å². The van der Waals surface area contributed by atoms with Crippen molar-refractivity contribution in [2.75, 3.05) is 25.3 Å². The van der Waals surface area contributed by atoms with Crippen molar-refractivity contribution in [3.63, 3.8) is 0 Å². The minimum Gasteiger partial charge on any atom is -0.496 e. The maximum atomic E-state index is 12.4. The summed E-state index contributed by atoms with van der Waals surface area (Å²) >= 11 is 7.20. The zero-order valence-electron chi connectivity index (χ0n) is 14.1. The number of hydrogen-bond acceptors (Lipinski definition) is 8. The van der Waals surface area contributed by atoms with Gasteiger partial charge in [0.2, 0.25) is 5.13 Å². The lowest BCUT2D eigenvalue weighted by atomic mass is 10.1.